The van der Waals surface area contributed by atoms with Gasteiger partial charge in [-0.2, -0.15) is 0 Å². The van der Waals surface area contributed by atoms with Crippen molar-refractivity contribution in [3.05, 3.63) is 46.9 Å². The van der Waals surface area contributed by atoms with Crippen LogP contribution in [0.4, 0.5) is 11.5 Å². The van der Waals surface area contributed by atoms with Crippen molar-refractivity contribution in [3.8, 4) is 0 Å². The number of anilines is 2. The second kappa shape index (κ2) is 5.69. The lowest BCUT2D eigenvalue weighted by molar-refractivity contribution is 1.05. The molecule has 1 heterocycles. The molecule has 0 unspecified atom stereocenters. The molecule has 0 aliphatic heterocycles. The van der Waals surface area contributed by atoms with Gasteiger partial charge < -0.3 is 10.6 Å². The molecule has 0 bridgehead atoms. The van der Waals surface area contributed by atoms with E-state index in [1.807, 2.05) is 25.2 Å². The van der Waals surface area contributed by atoms with Crippen molar-refractivity contribution in [2.24, 2.45) is 0 Å². The Balaban J connectivity index is 2.13. The summed E-state index contributed by atoms with van der Waals surface area (Å²) in [5.41, 5.74) is 3.29. The smallest absolute Gasteiger partial charge is 0.224 e. The van der Waals surface area contributed by atoms with Crippen LogP contribution in [-0.2, 0) is 6.54 Å². The summed E-state index contributed by atoms with van der Waals surface area (Å²) in [6.07, 6.45) is 1.73. The molecule has 5 heteroatoms. The van der Waals surface area contributed by atoms with E-state index in [-0.39, 0.29) is 5.28 Å². The summed E-state index contributed by atoms with van der Waals surface area (Å²) >= 11 is 5.76. The van der Waals surface area contributed by atoms with Gasteiger partial charge in [-0.25, -0.2) is 9.97 Å². The van der Waals surface area contributed by atoms with Crippen LogP contribution in [0.1, 0.15) is 11.1 Å². The van der Waals surface area contributed by atoms with Gasteiger partial charge in [0.25, 0.3) is 0 Å². The number of aromatic nitrogens is 2. The average molecular weight is 263 g/mol. The van der Waals surface area contributed by atoms with Gasteiger partial charge >= 0.3 is 0 Å². The van der Waals surface area contributed by atoms with Crippen molar-refractivity contribution in [1.82, 2.24) is 9.97 Å². The van der Waals surface area contributed by atoms with Gasteiger partial charge in [0.2, 0.25) is 5.28 Å². The van der Waals surface area contributed by atoms with E-state index in [4.69, 9.17) is 11.6 Å². The van der Waals surface area contributed by atoms with Crippen molar-refractivity contribution in [2.75, 3.05) is 17.7 Å². The molecule has 2 aromatic rings. The van der Waals surface area contributed by atoms with Crippen LogP contribution in [0.15, 0.2) is 30.5 Å². The Kier molecular flexibility index (Phi) is 3.99. The van der Waals surface area contributed by atoms with E-state index in [9.17, 15) is 0 Å². The molecule has 18 heavy (non-hydrogen) atoms. The van der Waals surface area contributed by atoms with Crippen LogP contribution in [0.2, 0.25) is 5.28 Å². The van der Waals surface area contributed by atoms with Gasteiger partial charge in [0, 0.05) is 31.0 Å². The largest absolute Gasteiger partial charge is 0.381 e. The number of nitrogens with zero attached hydrogens (tertiary/aromatic N) is 2. The fraction of sp³-hybridized carbons (Fsp3) is 0.231. The molecule has 94 valence electrons. The highest BCUT2D eigenvalue weighted by Gasteiger charge is 2.05. The number of hydrogen-bond acceptors (Lipinski definition) is 4. The van der Waals surface area contributed by atoms with Gasteiger partial charge in [-0.15, -0.1) is 0 Å². The third kappa shape index (κ3) is 2.90. The molecule has 0 aliphatic rings. The normalized spacial score (nSPS) is 10.2. The maximum atomic E-state index is 5.76. The lowest BCUT2D eigenvalue weighted by Gasteiger charge is -2.11. The molecule has 2 N–H and O–H groups in total. The second-order valence-corrected chi connectivity index (χ2v) is 4.27. The maximum Gasteiger partial charge on any atom is 0.224 e. The predicted octanol–water partition coefficient (Wildman–Crippen LogP) is 3.09. The quantitative estimate of drug-likeness (QED) is 0.832. The Morgan fingerprint density at radius 3 is 2.78 bits per heavy atom. The Morgan fingerprint density at radius 2 is 2.06 bits per heavy atom. The minimum atomic E-state index is 0.249. The first kappa shape index (κ1) is 12.6. The standard InChI is InChI=1S/C13H15ClN4/c1-9-5-3-4-6-11(9)16-7-10-8-17-13(14)18-12(10)15-2/h3-6,8,16H,7H2,1-2H3,(H,15,17,18). The Hall–Kier alpha value is -1.81. The molecular formula is C13H15ClN4. The van der Waals surface area contributed by atoms with Crippen LogP contribution in [0.3, 0.4) is 0 Å². The lowest BCUT2D eigenvalue weighted by Crippen LogP contribution is -2.06. The molecule has 0 amide bonds. The van der Waals surface area contributed by atoms with Crippen LogP contribution in [-0.4, -0.2) is 17.0 Å². The molecule has 1 aromatic carbocycles. The molecule has 2 rings (SSSR count). The number of nitrogens with one attached hydrogen (secondary N) is 2. The molecule has 0 saturated carbocycles. The summed E-state index contributed by atoms with van der Waals surface area (Å²) in [5, 5.41) is 6.62. The number of benzene rings is 1. The van der Waals surface area contributed by atoms with E-state index in [0.29, 0.717) is 6.54 Å². The maximum absolute atomic E-state index is 5.76. The van der Waals surface area contributed by atoms with Gasteiger partial charge in [0.05, 0.1) is 0 Å². The van der Waals surface area contributed by atoms with E-state index >= 15 is 0 Å². The molecule has 0 saturated heterocycles. The molecule has 0 aliphatic carbocycles. The summed E-state index contributed by atoms with van der Waals surface area (Å²) < 4.78 is 0. The zero-order chi connectivity index (χ0) is 13.0. The Bertz CT molecular complexity index is 542. The van der Waals surface area contributed by atoms with Crippen LogP contribution in [0.5, 0.6) is 0 Å². The van der Waals surface area contributed by atoms with Crippen LogP contribution in [0.25, 0.3) is 0 Å². The van der Waals surface area contributed by atoms with Gasteiger partial charge in [-0.3, -0.25) is 0 Å². The van der Waals surface area contributed by atoms with Gasteiger partial charge in [-0.1, -0.05) is 18.2 Å². The fourth-order valence-corrected chi connectivity index (χ4v) is 1.83. The molecular weight excluding hydrogens is 248 g/mol. The summed E-state index contributed by atoms with van der Waals surface area (Å²) in [5.74, 6) is 0.746. The predicted molar refractivity (Wildman–Crippen MR) is 75.1 cm³/mol. The van der Waals surface area contributed by atoms with E-state index in [1.54, 1.807) is 6.20 Å². The first-order chi connectivity index (χ1) is 8.70. The third-order valence-electron chi connectivity index (χ3n) is 2.69. The number of halogens is 1. The summed E-state index contributed by atoms with van der Waals surface area (Å²) in [6, 6.07) is 8.14. The highest BCUT2D eigenvalue weighted by Crippen LogP contribution is 2.18. The molecule has 0 atom stereocenters. The summed E-state index contributed by atoms with van der Waals surface area (Å²) in [7, 11) is 1.82. The van der Waals surface area contributed by atoms with Crippen molar-refractivity contribution < 1.29 is 0 Å². The summed E-state index contributed by atoms with van der Waals surface area (Å²) in [4.78, 5) is 8.13. The summed E-state index contributed by atoms with van der Waals surface area (Å²) in [6.45, 7) is 2.72. The van der Waals surface area contributed by atoms with Crippen molar-refractivity contribution in [1.29, 1.82) is 0 Å². The lowest BCUT2D eigenvalue weighted by atomic mass is 10.2. The fourth-order valence-electron chi connectivity index (χ4n) is 1.69. The molecule has 0 fully saturated rings. The van der Waals surface area contributed by atoms with E-state index in [2.05, 4.69) is 33.6 Å². The minimum Gasteiger partial charge on any atom is -0.381 e. The number of rotatable bonds is 4. The number of para-hydroxylation sites is 1. The van der Waals surface area contributed by atoms with E-state index in [1.165, 1.54) is 5.56 Å². The average Bonchev–Trinajstić information content (AvgIpc) is 2.39. The highest BCUT2D eigenvalue weighted by atomic mass is 35.5. The van der Waals surface area contributed by atoms with Crippen molar-refractivity contribution in [2.45, 2.75) is 13.5 Å². The number of aryl methyl sites for hydroxylation is 1. The first-order valence-electron chi connectivity index (χ1n) is 5.69. The zero-order valence-corrected chi connectivity index (χ0v) is 11.1. The number of hydrogen-bond donors (Lipinski definition) is 2. The monoisotopic (exact) mass is 262 g/mol. The van der Waals surface area contributed by atoms with E-state index in [0.717, 1.165) is 17.1 Å². The minimum absolute atomic E-state index is 0.249. The highest BCUT2D eigenvalue weighted by molar-refractivity contribution is 6.28. The van der Waals surface area contributed by atoms with Crippen molar-refractivity contribution >= 4 is 23.1 Å². The zero-order valence-electron chi connectivity index (χ0n) is 10.4. The molecule has 1 aromatic heterocycles. The second-order valence-electron chi connectivity index (χ2n) is 3.93. The van der Waals surface area contributed by atoms with Gasteiger partial charge in [-0.05, 0) is 30.2 Å². The van der Waals surface area contributed by atoms with Gasteiger partial charge in [0.1, 0.15) is 5.82 Å². The van der Waals surface area contributed by atoms with Crippen molar-refractivity contribution in [3.63, 3.8) is 0 Å². The molecule has 4 nitrogen and oxygen atoms in total. The SMILES string of the molecule is CNc1nc(Cl)ncc1CNc1ccccc1C. The first-order valence-corrected chi connectivity index (χ1v) is 6.07. The van der Waals surface area contributed by atoms with Crippen LogP contribution >= 0.6 is 11.6 Å². The van der Waals surface area contributed by atoms with E-state index < -0.39 is 0 Å². The molecule has 0 spiro atoms. The van der Waals surface area contributed by atoms with Crippen LogP contribution < -0.4 is 10.6 Å². The Labute approximate surface area is 111 Å². The molecule has 0 radical (unpaired) electrons. The van der Waals surface area contributed by atoms with Crippen LogP contribution in [0, 0.1) is 6.92 Å². The third-order valence-corrected chi connectivity index (χ3v) is 2.87. The van der Waals surface area contributed by atoms with Gasteiger partial charge in [0.15, 0.2) is 0 Å². The topological polar surface area (TPSA) is 49.8 Å². The Morgan fingerprint density at radius 1 is 1.28 bits per heavy atom.